The highest BCUT2D eigenvalue weighted by Crippen LogP contribution is 2.01. The highest BCUT2D eigenvalue weighted by atomic mass is 28.3. The van der Waals surface area contributed by atoms with Gasteiger partial charge in [0.2, 0.25) is 0 Å². The zero-order valence-corrected chi connectivity index (χ0v) is 6.33. The molecule has 0 aliphatic heterocycles. The molecule has 0 aromatic heterocycles. The van der Waals surface area contributed by atoms with E-state index in [2.05, 4.69) is 20.8 Å². The van der Waals surface area contributed by atoms with Gasteiger partial charge in [0.1, 0.15) is 0 Å². The van der Waals surface area contributed by atoms with Crippen molar-refractivity contribution in [3.8, 4) is 0 Å². The molecule has 0 N–H and O–H groups in total. The lowest BCUT2D eigenvalue weighted by Crippen LogP contribution is -2.05. The molecule has 0 nitrogen and oxygen atoms in total. The molecular formula is C6H14Si+2. The van der Waals surface area contributed by atoms with Crippen molar-refractivity contribution in [1.29, 1.82) is 0 Å². The van der Waals surface area contributed by atoms with Crippen LogP contribution in [0.5, 0.6) is 0 Å². The largest absolute Gasteiger partial charge is 0.366 e. The maximum atomic E-state index is 3.87. The molecule has 0 aliphatic carbocycles. The summed E-state index contributed by atoms with van der Waals surface area (Å²) in [7, 11) is 0.0262. The fraction of sp³-hybridized carbons (Fsp3) is 0.833. The standard InChI is InChI=1S/C6H14Si/c1-4-7(5-2)6-3/h1,4-6H2,2-3H3/q+2. The van der Waals surface area contributed by atoms with Crippen LogP contribution in [0.25, 0.3) is 0 Å². The predicted molar refractivity (Wildman–Crippen MR) is 36.9 cm³/mol. The van der Waals surface area contributed by atoms with Crippen molar-refractivity contribution in [1.82, 2.24) is 0 Å². The third kappa shape index (κ3) is 2.74. The highest BCUT2D eigenvalue weighted by Gasteiger charge is 2.21. The second-order valence-electron chi connectivity index (χ2n) is 1.71. The summed E-state index contributed by atoms with van der Waals surface area (Å²) in [5.41, 5.74) is 0. The summed E-state index contributed by atoms with van der Waals surface area (Å²) < 4.78 is 0. The van der Waals surface area contributed by atoms with Gasteiger partial charge in [-0.05, 0) is 13.8 Å². The van der Waals surface area contributed by atoms with Gasteiger partial charge >= 0.3 is 8.80 Å². The zero-order chi connectivity index (χ0) is 5.70. The van der Waals surface area contributed by atoms with E-state index >= 15 is 0 Å². The van der Waals surface area contributed by atoms with E-state index in [-0.39, 0.29) is 8.80 Å². The SMILES string of the molecule is [CH2+]C[Si+](CC)CC. The molecule has 0 radical (unpaired) electrons. The van der Waals surface area contributed by atoms with Gasteiger partial charge in [-0.2, -0.15) is 0 Å². The highest BCUT2D eigenvalue weighted by molar-refractivity contribution is 6.58. The van der Waals surface area contributed by atoms with Crippen molar-refractivity contribution in [3.63, 3.8) is 0 Å². The van der Waals surface area contributed by atoms with Gasteiger partial charge in [-0.3, -0.25) is 0 Å². The van der Waals surface area contributed by atoms with Gasteiger partial charge in [-0.1, -0.05) is 0 Å². The lowest BCUT2D eigenvalue weighted by molar-refractivity contribution is 1.28. The predicted octanol–water partition coefficient (Wildman–Crippen LogP) is 2.36. The van der Waals surface area contributed by atoms with Crippen LogP contribution in [-0.4, -0.2) is 8.80 Å². The Hall–Kier alpha value is 0.0869. The Labute approximate surface area is 48.5 Å². The number of hydrogen-bond donors (Lipinski definition) is 0. The first-order valence-electron chi connectivity index (χ1n) is 2.97. The molecule has 0 saturated carbocycles. The van der Waals surface area contributed by atoms with E-state index in [0.717, 1.165) is 0 Å². The summed E-state index contributed by atoms with van der Waals surface area (Å²) in [6.07, 6.45) is 0. The minimum atomic E-state index is 0.0262. The Morgan fingerprint density at radius 2 is 1.71 bits per heavy atom. The number of hydrogen-bond acceptors (Lipinski definition) is 0. The Morgan fingerprint density at radius 3 is 1.71 bits per heavy atom. The van der Waals surface area contributed by atoms with Crippen LogP contribution in [0.4, 0.5) is 0 Å². The normalized spacial score (nSPS) is 8.86. The van der Waals surface area contributed by atoms with Crippen molar-refractivity contribution in [2.45, 2.75) is 32.0 Å². The van der Waals surface area contributed by atoms with E-state index in [0.29, 0.717) is 0 Å². The second kappa shape index (κ2) is 4.25. The molecule has 0 aromatic rings. The van der Waals surface area contributed by atoms with Crippen LogP contribution in [0, 0.1) is 6.92 Å². The van der Waals surface area contributed by atoms with E-state index in [4.69, 9.17) is 0 Å². The molecule has 0 atom stereocenters. The number of rotatable bonds is 3. The molecule has 0 saturated heterocycles. The first kappa shape index (κ1) is 7.09. The van der Waals surface area contributed by atoms with E-state index in [1.165, 1.54) is 18.1 Å². The van der Waals surface area contributed by atoms with Crippen molar-refractivity contribution in [2.75, 3.05) is 0 Å². The van der Waals surface area contributed by atoms with Crippen molar-refractivity contribution in [3.05, 3.63) is 6.92 Å². The van der Waals surface area contributed by atoms with Crippen molar-refractivity contribution in [2.24, 2.45) is 0 Å². The summed E-state index contributed by atoms with van der Waals surface area (Å²) in [5, 5.41) is 0. The van der Waals surface area contributed by atoms with Crippen molar-refractivity contribution < 1.29 is 0 Å². The first-order chi connectivity index (χ1) is 3.35. The van der Waals surface area contributed by atoms with Crippen LogP contribution in [0.3, 0.4) is 0 Å². The third-order valence-corrected chi connectivity index (χ3v) is 4.06. The molecule has 0 rings (SSSR count). The fourth-order valence-corrected chi connectivity index (χ4v) is 1.81. The van der Waals surface area contributed by atoms with Crippen LogP contribution in [-0.2, 0) is 0 Å². The van der Waals surface area contributed by atoms with Crippen LogP contribution < -0.4 is 0 Å². The van der Waals surface area contributed by atoms with Gasteiger partial charge in [0, 0.05) is 0 Å². The van der Waals surface area contributed by atoms with Crippen molar-refractivity contribution >= 4 is 8.80 Å². The van der Waals surface area contributed by atoms with Gasteiger partial charge in [0.25, 0.3) is 0 Å². The Bertz CT molecular complexity index is 25.7. The summed E-state index contributed by atoms with van der Waals surface area (Å²) >= 11 is 0. The van der Waals surface area contributed by atoms with Gasteiger partial charge in [-0.15, -0.1) is 0 Å². The van der Waals surface area contributed by atoms with Crippen LogP contribution in [0.15, 0.2) is 0 Å². The molecule has 0 spiro atoms. The van der Waals surface area contributed by atoms with Gasteiger partial charge in [0.05, 0.1) is 19.0 Å². The first-order valence-corrected chi connectivity index (χ1v) is 5.10. The minimum absolute atomic E-state index is 0.0262. The van der Waals surface area contributed by atoms with E-state index in [9.17, 15) is 0 Å². The molecule has 0 amide bonds. The quantitative estimate of drug-likeness (QED) is 0.390. The average Bonchev–Trinajstić information content (AvgIpc) is 1.72. The molecule has 0 aromatic carbocycles. The molecule has 7 heavy (non-hydrogen) atoms. The lowest BCUT2D eigenvalue weighted by Gasteiger charge is -1.82. The molecule has 0 aliphatic rings. The molecule has 0 fully saturated rings. The van der Waals surface area contributed by atoms with E-state index < -0.39 is 0 Å². The summed E-state index contributed by atoms with van der Waals surface area (Å²) in [5.74, 6) is 0. The summed E-state index contributed by atoms with van der Waals surface area (Å²) in [6.45, 7) is 8.41. The Kier molecular flexibility index (Phi) is 4.30. The Morgan fingerprint density at radius 1 is 1.29 bits per heavy atom. The van der Waals surface area contributed by atoms with Crippen LogP contribution in [0.2, 0.25) is 18.1 Å². The molecule has 0 unspecified atom stereocenters. The maximum Gasteiger partial charge on any atom is 0.366 e. The summed E-state index contributed by atoms with van der Waals surface area (Å²) in [6, 6.07) is 3.99. The third-order valence-electron chi connectivity index (χ3n) is 1.35. The summed E-state index contributed by atoms with van der Waals surface area (Å²) in [4.78, 5) is 0. The van der Waals surface area contributed by atoms with Gasteiger partial charge in [-0.25, -0.2) is 0 Å². The molecule has 40 valence electrons. The molecular weight excluding hydrogens is 100 g/mol. The van der Waals surface area contributed by atoms with Crippen LogP contribution in [0.1, 0.15) is 13.8 Å². The van der Waals surface area contributed by atoms with Crippen LogP contribution >= 0.6 is 0 Å². The zero-order valence-electron chi connectivity index (χ0n) is 5.33. The second-order valence-corrected chi connectivity index (χ2v) is 5.12. The average molecular weight is 114 g/mol. The smallest absolute Gasteiger partial charge is 0.0371 e. The van der Waals surface area contributed by atoms with Gasteiger partial charge < -0.3 is 0 Å². The fourth-order valence-electron chi connectivity index (χ4n) is 0.604. The van der Waals surface area contributed by atoms with E-state index in [1.54, 1.807) is 0 Å². The minimum Gasteiger partial charge on any atom is -0.0371 e. The molecule has 0 heterocycles. The monoisotopic (exact) mass is 114 g/mol. The molecule has 1 heteroatoms. The maximum absolute atomic E-state index is 3.87. The molecule has 0 bridgehead atoms. The lowest BCUT2D eigenvalue weighted by atomic mass is 10.9. The van der Waals surface area contributed by atoms with E-state index in [1.807, 2.05) is 0 Å². The Balaban J connectivity index is 2.99. The topological polar surface area (TPSA) is 0 Å². The van der Waals surface area contributed by atoms with Gasteiger partial charge in [0.15, 0.2) is 6.04 Å².